The fraction of sp³-hybridized carbons (Fsp3) is 0.235. The van der Waals surface area contributed by atoms with Crippen LogP contribution in [0.3, 0.4) is 0 Å². The Labute approximate surface area is 124 Å². The van der Waals surface area contributed by atoms with E-state index in [2.05, 4.69) is 37.4 Å². The molecule has 0 aromatic heterocycles. The molecule has 0 bridgehead atoms. The molecule has 1 N–H and O–H groups in total. The predicted molar refractivity (Wildman–Crippen MR) is 86.4 cm³/mol. The lowest BCUT2D eigenvalue weighted by Gasteiger charge is -2.08. The van der Waals surface area contributed by atoms with Crippen molar-refractivity contribution in [3.05, 3.63) is 59.2 Å². The van der Waals surface area contributed by atoms with Gasteiger partial charge in [0, 0.05) is 10.6 Å². The summed E-state index contributed by atoms with van der Waals surface area (Å²) in [6.07, 6.45) is 0. The van der Waals surface area contributed by atoms with Crippen molar-refractivity contribution in [1.29, 1.82) is 0 Å². The van der Waals surface area contributed by atoms with Crippen LogP contribution in [0.15, 0.2) is 47.4 Å². The van der Waals surface area contributed by atoms with Gasteiger partial charge in [0.15, 0.2) is 0 Å². The highest BCUT2D eigenvalue weighted by Gasteiger charge is 2.05. The van der Waals surface area contributed by atoms with Crippen molar-refractivity contribution in [1.82, 2.24) is 0 Å². The van der Waals surface area contributed by atoms with E-state index in [0.717, 1.165) is 16.1 Å². The topological polar surface area (TPSA) is 29.1 Å². The molecule has 1 amide bonds. The molecule has 104 valence electrons. The van der Waals surface area contributed by atoms with Crippen LogP contribution in [0.1, 0.15) is 16.7 Å². The van der Waals surface area contributed by atoms with Gasteiger partial charge in [0.1, 0.15) is 0 Å². The first-order valence-corrected chi connectivity index (χ1v) is 7.60. The molecular formula is C17H19NOS. The van der Waals surface area contributed by atoms with Gasteiger partial charge in [0.2, 0.25) is 5.91 Å². The number of thioether (sulfide) groups is 1. The molecule has 0 saturated heterocycles. The van der Waals surface area contributed by atoms with Gasteiger partial charge in [-0.3, -0.25) is 4.79 Å². The molecule has 0 fully saturated rings. The molecule has 2 aromatic carbocycles. The monoisotopic (exact) mass is 285 g/mol. The van der Waals surface area contributed by atoms with E-state index < -0.39 is 0 Å². The second-order valence-electron chi connectivity index (χ2n) is 4.98. The van der Waals surface area contributed by atoms with Gasteiger partial charge >= 0.3 is 0 Å². The van der Waals surface area contributed by atoms with Crippen LogP contribution >= 0.6 is 11.8 Å². The van der Waals surface area contributed by atoms with Crippen molar-refractivity contribution >= 4 is 23.4 Å². The maximum Gasteiger partial charge on any atom is 0.234 e. The minimum Gasteiger partial charge on any atom is -0.325 e. The van der Waals surface area contributed by atoms with E-state index in [0.29, 0.717) is 5.75 Å². The standard InChI is InChI=1S/C17H19NOS/c1-12-5-4-6-15(10-12)18-17(19)11-20-16-8-7-13(2)9-14(16)3/h4-10H,11H2,1-3H3,(H,18,19). The first-order valence-electron chi connectivity index (χ1n) is 6.61. The van der Waals surface area contributed by atoms with E-state index in [1.807, 2.05) is 31.2 Å². The average Bonchev–Trinajstić information content (AvgIpc) is 2.37. The van der Waals surface area contributed by atoms with Crippen LogP contribution < -0.4 is 5.32 Å². The van der Waals surface area contributed by atoms with Crippen molar-refractivity contribution in [2.45, 2.75) is 25.7 Å². The number of nitrogens with one attached hydrogen (secondary N) is 1. The molecule has 3 heteroatoms. The first kappa shape index (κ1) is 14.7. The van der Waals surface area contributed by atoms with Gasteiger partial charge in [-0.1, -0.05) is 29.8 Å². The first-order chi connectivity index (χ1) is 9.54. The van der Waals surface area contributed by atoms with Gasteiger partial charge in [-0.2, -0.15) is 0 Å². The smallest absolute Gasteiger partial charge is 0.234 e. The van der Waals surface area contributed by atoms with Crippen LogP contribution in [-0.2, 0) is 4.79 Å². The van der Waals surface area contributed by atoms with Crippen molar-refractivity contribution in [3.8, 4) is 0 Å². The summed E-state index contributed by atoms with van der Waals surface area (Å²) >= 11 is 1.58. The molecule has 0 aliphatic rings. The minimum absolute atomic E-state index is 0.0283. The predicted octanol–water partition coefficient (Wildman–Crippen LogP) is 4.34. The number of carbonyl (C=O) groups excluding carboxylic acids is 1. The molecule has 0 aliphatic heterocycles. The zero-order chi connectivity index (χ0) is 14.5. The quantitative estimate of drug-likeness (QED) is 0.847. The molecule has 2 aromatic rings. The lowest BCUT2D eigenvalue weighted by molar-refractivity contribution is -0.113. The fourth-order valence-corrected chi connectivity index (χ4v) is 2.83. The Morgan fingerprint density at radius 2 is 1.80 bits per heavy atom. The number of hydrogen-bond acceptors (Lipinski definition) is 2. The van der Waals surface area contributed by atoms with Crippen LogP contribution in [-0.4, -0.2) is 11.7 Å². The molecular weight excluding hydrogens is 266 g/mol. The Hall–Kier alpha value is -1.74. The van der Waals surface area contributed by atoms with Gasteiger partial charge in [-0.05, 0) is 50.1 Å². The van der Waals surface area contributed by atoms with Crippen LogP contribution in [0.2, 0.25) is 0 Å². The summed E-state index contributed by atoms with van der Waals surface area (Å²) in [4.78, 5) is 13.1. The maximum absolute atomic E-state index is 11.9. The van der Waals surface area contributed by atoms with E-state index in [-0.39, 0.29) is 5.91 Å². The highest BCUT2D eigenvalue weighted by atomic mass is 32.2. The second kappa shape index (κ2) is 6.62. The number of amides is 1. The third-order valence-electron chi connectivity index (χ3n) is 2.99. The van der Waals surface area contributed by atoms with Crippen LogP contribution in [0, 0.1) is 20.8 Å². The van der Waals surface area contributed by atoms with Crippen molar-refractivity contribution in [2.24, 2.45) is 0 Å². The molecule has 0 atom stereocenters. The summed E-state index contributed by atoms with van der Waals surface area (Å²) in [6.45, 7) is 6.17. The summed E-state index contributed by atoms with van der Waals surface area (Å²) in [5, 5.41) is 2.92. The molecule has 0 unspecified atom stereocenters. The average molecular weight is 285 g/mol. The summed E-state index contributed by atoms with van der Waals surface area (Å²) in [7, 11) is 0. The molecule has 0 saturated carbocycles. The second-order valence-corrected chi connectivity index (χ2v) is 5.99. The van der Waals surface area contributed by atoms with E-state index in [4.69, 9.17) is 0 Å². The normalized spacial score (nSPS) is 10.3. The number of rotatable bonds is 4. The molecule has 2 rings (SSSR count). The van der Waals surface area contributed by atoms with Gasteiger partial charge in [-0.25, -0.2) is 0 Å². The Balaban J connectivity index is 1.92. The highest BCUT2D eigenvalue weighted by Crippen LogP contribution is 2.23. The molecule has 0 radical (unpaired) electrons. The summed E-state index contributed by atoms with van der Waals surface area (Å²) in [6, 6.07) is 14.1. The molecule has 2 nitrogen and oxygen atoms in total. The van der Waals surface area contributed by atoms with Gasteiger partial charge in [-0.15, -0.1) is 11.8 Å². The van der Waals surface area contributed by atoms with Crippen LogP contribution in [0.25, 0.3) is 0 Å². The number of benzene rings is 2. The van der Waals surface area contributed by atoms with Gasteiger partial charge in [0.05, 0.1) is 5.75 Å². The zero-order valence-corrected chi connectivity index (χ0v) is 12.9. The Morgan fingerprint density at radius 1 is 1.05 bits per heavy atom. The number of anilines is 1. The van der Waals surface area contributed by atoms with Gasteiger partial charge in [0.25, 0.3) is 0 Å². The van der Waals surface area contributed by atoms with Crippen molar-refractivity contribution in [3.63, 3.8) is 0 Å². The van der Waals surface area contributed by atoms with E-state index >= 15 is 0 Å². The number of carbonyl (C=O) groups is 1. The molecule has 0 aliphatic carbocycles. The lowest BCUT2D eigenvalue weighted by Crippen LogP contribution is -2.14. The van der Waals surface area contributed by atoms with Gasteiger partial charge < -0.3 is 5.32 Å². The highest BCUT2D eigenvalue weighted by molar-refractivity contribution is 8.00. The van der Waals surface area contributed by atoms with Crippen LogP contribution in [0.4, 0.5) is 5.69 Å². The largest absolute Gasteiger partial charge is 0.325 e. The Kier molecular flexibility index (Phi) is 4.85. The summed E-state index contributed by atoms with van der Waals surface area (Å²) < 4.78 is 0. The summed E-state index contributed by atoms with van der Waals surface area (Å²) in [5.74, 6) is 0.457. The Morgan fingerprint density at radius 3 is 2.50 bits per heavy atom. The SMILES string of the molecule is Cc1cccc(NC(=O)CSc2ccc(C)cc2C)c1. The Bertz CT molecular complexity index is 622. The van der Waals surface area contributed by atoms with E-state index in [1.54, 1.807) is 11.8 Å². The number of aryl methyl sites for hydroxylation is 3. The summed E-state index contributed by atoms with van der Waals surface area (Å²) in [5.41, 5.74) is 4.47. The minimum atomic E-state index is 0.0283. The molecule has 0 heterocycles. The van der Waals surface area contributed by atoms with E-state index in [1.165, 1.54) is 11.1 Å². The lowest BCUT2D eigenvalue weighted by atomic mass is 10.2. The van der Waals surface area contributed by atoms with Crippen molar-refractivity contribution in [2.75, 3.05) is 11.1 Å². The zero-order valence-electron chi connectivity index (χ0n) is 12.1. The maximum atomic E-state index is 11.9. The van der Waals surface area contributed by atoms with Crippen molar-refractivity contribution < 1.29 is 4.79 Å². The van der Waals surface area contributed by atoms with Crippen LogP contribution in [0.5, 0.6) is 0 Å². The molecule has 20 heavy (non-hydrogen) atoms. The molecule has 0 spiro atoms. The van der Waals surface area contributed by atoms with E-state index in [9.17, 15) is 4.79 Å². The third-order valence-corrected chi connectivity index (χ3v) is 4.17. The third kappa shape index (κ3) is 4.14. The number of hydrogen-bond donors (Lipinski definition) is 1. The fourth-order valence-electron chi connectivity index (χ4n) is 2.02.